The van der Waals surface area contributed by atoms with Gasteiger partial charge in [0.25, 0.3) is 0 Å². The van der Waals surface area contributed by atoms with Gasteiger partial charge in [0, 0.05) is 6.42 Å². The molecule has 10 heteroatoms. The molecule has 2 unspecified atom stereocenters. The molecule has 0 heterocycles. The summed E-state index contributed by atoms with van der Waals surface area (Å²) >= 11 is 0. The Balaban J connectivity index is 3.99. The highest BCUT2D eigenvalue weighted by Gasteiger charge is 2.27. The minimum absolute atomic E-state index is 0.00841. The van der Waals surface area contributed by atoms with Crippen molar-refractivity contribution in [1.82, 2.24) is 0 Å². The highest BCUT2D eigenvalue weighted by atomic mass is 31.2. The van der Waals surface area contributed by atoms with Gasteiger partial charge < -0.3 is 18.9 Å². The molecule has 73 heavy (non-hydrogen) atoms. The molecule has 9 nitrogen and oxygen atoms in total. The average Bonchev–Trinajstić information content (AvgIpc) is 3.35. The van der Waals surface area contributed by atoms with Crippen molar-refractivity contribution in [2.24, 2.45) is 0 Å². The van der Waals surface area contributed by atoms with Crippen LogP contribution in [0.25, 0.3) is 0 Å². The van der Waals surface area contributed by atoms with Crippen LogP contribution >= 0.6 is 7.82 Å². The number of rotatable bonds is 56. The van der Waals surface area contributed by atoms with Crippen LogP contribution in [0.15, 0.2) is 60.8 Å². The third-order valence-electron chi connectivity index (χ3n) is 13.3. The first-order valence-electron chi connectivity index (χ1n) is 30.5. The van der Waals surface area contributed by atoms with E-state index in [1.165, 1.54) is 199 Å². The second-order valence-corrected chi connectivity index (χ2v) is 23.2. The summed E-state index contributed by atoms with van der Waals surface area (Å²) in [4.78, 5) is 35.5. The molecule has 0 aliphatic carbocycles. The Kier molecular flexibility index (Phi) is 52.8. The molecule has 0 aromatic heterocycles. The largest absolute Gasteiger partial charge is 0.472 e. The van der Waals surface area contributed by atoms with Gasteiger partial charge >= 0.3 is 19.8 Å². The monoisotopic (exact) mass is 1050 g/mol. The van der Waals surface area contributed by atoms with E-state index < -0.39 is 26.5 Å². The first kappa shape index (κ1) is 70.7. The fourth-order valence-corrected chi connectivity index (χ4v) is 9.42. The van der Waals surface area contributed by atoms with Gasteiger partial charge in [0.1, 0.15) is 19.8 Å². The topological polar surface area (TPSA) is 108 Å². The van der Waals surface area contributed by atoms with Crippen molar-refractivity contribution in [2.75, 3.05) is 47.5 Å². The van der Waals surface area contributed by atoms with Crippen molar-refractivity contribution < 1.29 is 42.1 Å². The van der Waals surface area contributed by atoms with Gasteiger partial charge in [-0.05, 0) is 38.5 Å². The Morgan fingerprint density at radius 3 is 1.11 bits per heavy atom. The van der Waals surface area contributed by atoms with Crippen molar-refractivity contribution in [1.29, 1.82) is 0 Å². The number of phosphoric acid groups is 1. The summed E-state index contributed by atoms with van der Waals surface area (Å²) in [5.41, 5.74) is 0. The van der Waals surface area contributed by atoms with E-state index in [9.17, 15) is 19.0 Å². The van der Waals surface area contributed by atoms with E-state index in [1.54, 1.807) is 6.08 Å². The van der Waals surface area contributed by atoms with Crippen molar-refractivity contribution in [3.05, 3.63) is 60.8 Å². The summed E-state index contributed by atoms with van der Waals surface area (Å²) in [5.74, 6) is -0.938. The number of carbonyl (C=O) groups is 2. The molecule has 0 aliphatic rings. The second-order valence-electron chi connectivity index (χ2n) is 21.7. The molecule has 0 radical (unpaired) electrons. The van der Waals surface area contributed by atoms with Crippen LogP contribution in [0.1, 0.15) is 277 Å². The molecular weight excluding hydrogens is 930 g/mol. The van der Waals surface area contributed by atoms with E-state index in [-0.39, 0.29) is 32.0 Å². The van der Waals surface area contributed by atoms with Gasteiger partial charge in [-0.15, -0.1) is 0 Å². The van der Waals surface area contributed by atoms with Crippen LogP contribution < -0.4 is 0 Å². The predicted molar refractivity (Wildman–Crippen MR) is 312 cm³/mol. The third-order valence-corrected chi connectivity index (χ3v) is 14.3. The van der Waals surface area contributed by atoms with Gasteiger partial charge in [-0.3, -0.25) is 18.6 Å². The van der Waals surface area contributed by atoms with Crippen LogP contribution in [0.5, 0.6) is 0 Å². The van der Waals surface area contributed by atoms with Crippen LogP contribution in [0.4, 0.5) is 0 Å². The zero-order valence-corrected chi connectivity index (χ0v) is 49.3. The Morgan fingerprint density at radius 2 is 0.767 bits per heavy atom. The maximum absolute atomic E-state index is 12.7. The minimum atomic E-state index is -4.41. The summed E-state index contributed by atoms with van der Waals surface area (Å²) in [6, 6.07) is 0. The smallest absolute Gasteiger partial charge is 0.462 e. The lowest BCUT2D eigenvalue weighted by Crippen LogP contribution is -2.37. The van der Waals surface area contributed by atoms with Gasteiger partial charge in [-0.2, -0.15) is 0 Å². The van der Waals surface area contributed by atoms with Crippen molar-refractivity contribution in [2.45, 2.75) is 283 Å². The number of likely N-dealkylation sites (N-methyl/N-ethyl adjacent to an activating group) is 1. The van der Waals surface area contributed by atoms with Gasteiger partial charge in [-0.1, -0.05) is 286 Å². The quantitative estimate of drug-likeness (QED) is 0.0211. The fourth-order valence-electron chi connectivity index (χ4n) is 8.68. The Labute approximate surface area is 451 Å². The average molecular weight is 1050 g/mol. The molecule has 0 fully saturated rings. The molecule has 0 saturated carbocycles. The molecule has 0 spiro atoms. The minimum Gasteiger partial charge on any atom is -0.462 e. The molecule has 1 N–H and O–H groups in total. The summed E-state index contributed by atoms with van der Waals surface area (Å²) < 4.78 is 34.4. The predicted octanol–water partition coefficient (Wildman–Crippen LogP) is 19.1. The van der Waals surface area contributed by atoms with E-state index in [2.05, 4.69) is 56.4 Å². The molecule has 0 rings (SSSR count). The first-order chi connectivity index (χ1) is 35.5. The zero-order chi connectivity index (χ0) is 53.5. The van der Waals surface area contributed by atoms with Crippen molar-refractivity contribution in [3.63, 3.8) is 0 Å². The third kappa shape index (κ3) is 58.8. The van der Waals surface area contributed by atoms with Gasteiger partial charge in [0.05, 0.1) is 34.2 Å². The van der Waals surface area contributed by atoms with E-state index >= 15 is 0 Å². The summed E-state index contributed by atoms with van der Waals surface area (Å²) in [6.45, 7) is 4.23. The number of ether oxygens (including phenoxy) is 2. The molecule has 0 bridgehead atoms. The van der Waals surface area contributed by atoms with Crippen LogP contribution in [-0.2, 0) is 32.7 Å². The standard InChI is InChI=1S/C63H116NO8P/c1-6-8-10-12-14-16-18-20-22-23-24-25-26-27-28-29-30-31-32-33-34-35-36-37-38-39-40-42-43-45-47-49-51-53-55-62(65)69-59-61(60-71-73(67,68)70-58-57-64(3,4)5)72-63(66)56-54-52-50-48-46-44-41-21-19-17-15-13-11-9-7-2/h9,11,15,17,21,41,46,48,52,54,61H,6-8,10,12-14,16,18-20,22-40,42-45,47,49-51,53,55-60H2,1-5H3/p+1/b11-9-,17-15-,41-21-,48-46-,54-52-. The molecule has 426 valence electrons. The Morgan fingerprint density at radius 1 is 0.438 bits per heavy atom. The second kappa shape index (κ2) is 54.5. The normalized spacial score (nSPS) is 13.7. The van der Waals surface area contributed by atoms with E-state index in [0.29, 0.717) is 17.4 Å². The SMILES string of the molecule is CC/C=C\C/C=C\C/C=C\C/C=C\C/C=C\CC(=O)OC(COC(=O)CCCCCCCCCCCCCCCCCCCCCCCCCCCCCCCCCCCC)COP(=O)(O)OCC[N+](C)(C)C. The lowest BCUT2D eigenvalue weighted by molar-refractivity contribution is -0.870. The fraction of sp³-hybridized carbons (Fsp3) is 0.810. The number of esters is 2. The number of nitrogens with zero attached hydrogens (tertiary/aromatic N) is 1. The van der Waals surface area contributed by atoms with E-state index in [4.69, 9.17) is 18.5 Å². The molecule has 2 atom stereocenters. The lowest BCUT2D eigenvalue weighted by atomic mass is 10.0. The van der Waals surface area contributed by atoms with Crippen LogP contribution in [0, 0.1) is 0 Å². The lowest BCUT2D eigenvalue weighted by Gasteiger charge is -2.24. The van der Waals surface area contributed by atoms with Crippen LogP contribution in [0.3, 0.4) is 0 Å². The number of unbranched alkanes of at least 4 members (excludes halogenated alkanes) is 33. The first-order valence-corrected chi connectivity index (χ1v) is 32.0. The van der Waals surface area contributed by atoms with Crippen molar-refractivity contribution >= 4 is 19.8 Å². The highest BCUT2D eigenvalue weighted by Crippen LogP contribution is 2.43. The summed E-state index contributed by atoms with van der Waals surface area (Å²) in [5, 5.41) is 0. The number of carbonyl (C=O) groups excluding carboxylic acids is 2. The highest BCUT2D eigenvalue weighted by molar-refractivity contribution is 7.47. The maximum Gasteiger partial charge on any atom is 0.472 e. The number of phosphoric ester groups is 1. The van der Waals surface area contributed by atoms with E-state index in [1.807, 2.05) is 33.3 Å². The molecule has 0 aromatic rings. The van der Waals surface area contributed by atoms with Gasteiger partial charge in [-0.25, -0.2) is 4.57 Å². The Hall–Kier alpha value is -2.29. The molecular formula is C63H117NO8P+. The number of allylic oxidation sites excluding steroid dienone is 9. The molecule has 0 aromatic carbocycles. The van der Waals surface area contributed by atoms with Crippen LogP contribution in [-0.4, -0.2) is 74.9 Å². The molecule has 0 amide bonds. The number of hydrogen-bond donors (Lipinski definition) is 1. The molecule has 0 saturated heterocycles. The summed E-state index contributed by atoms with van der Waals surface area (Å²) in [6.07, 6.45) is 70.9. The number of hydrogen-bond acceptors (Lipinski definition) is 7. The molecule has 0 aliphatic heterocycles. The Bertz CT molecular complexity index is 1420. The number of quaternary nitrogens is 1. The van der Waals surface area contributed by atoms with Crippen LogP contribution in [0.2, 0.25) is 0 Å². The van der Waals surface area contributed by atoms with Gasteiger partial charge in [0.15, 0.2) is 6.10 Å². The maximum atomic E-state index is 12.7. The van der Waals surface area contributed by atoms with Gasteiger partial charge in [0.2, 0.25) is 0 Å². The van der Waals surface area contributed by atoms with Crippen molar-refractivity contribution in [3.8, 4) is 0 Å². The van der Waals surface area contributed by atoms with E-state index in [0.717, 1.165) is 44.9 Å². The summed E-state index contributed by atoms with van der Waals surface area (Å²) in [7, 11) is 1.42. The zero-order valence-electron chi connectivity index (χ0n) is 48.4.